The van der Waals surface area contributed by atoms with E-state index in [-0.39, 0.29) is 5.56 Å². The van der Waals surface area contributed by atoms with E-state index in [1.807, 2.05) is 36.4 Å². The fourth-order valence-corrected chi connectivity index (χ4v) is 3.54. The first-order valence-electron chi connectivity index (χ1n) is 10.1. The number of hydrogen-bond donors (Lipinski definition) is 2. The van der Waals surface area contributed by atoms with E-state index < -0.39 is 5.97 Å². The van der Waals surface area contributed by atoms with Gasteiger partial charge in [-0.15, -0.1) is 0 Å². The van der Waals surface area contributed by atoms with Gasteiger partial charge in [0.2, 0.25) is 0 Å². The summed E-state index contributed by atoms with van der Waals surface area (Å²) in [5.41, 5.74) is 4.19. The molecule has 0 radical (unpaired) electrons. The number of carboxylic acids is 1. The summed E-state index contributed by atoms with van der Waals surface area (Å²) in [6, 6.07) is 26.7. The number of fused-ring (bicyclic) bond motifs is 1. The smallest absolute Gasteiger partial charge is 0.335 e. The predicted molar refractivity (Wildman–Crippen MR) is 123 cm³/mol. The van der Waals surface area contributed by atoms with Crippen molar-refractivity contribution in [2.45, 2.75) is 6.54 Å². The Morgan fingerprint density at radius 1 is 0.875 bits per heavy atom. The van der Waals surface area contributed by atoms with Crippen molar-refractivity contribution in [2.75, 3.05) is 5.32 Å². The van der Waals surface area contributed by atoms with Crippen LogP contribution in [0.15, 0.2) is 95.6 Å². The summed E-state index contributed by atoms with van der Waals surface area (Å²) >= 11 is 0. The number of benzene rings is 3. The lowest BCUT2D eigenvalue weighted by Crippen LogP contribution is -2.05. The summed E-state index contributed by atoms with van der Waals surface area (Å²) in [5, 5.41) is 13.4. The van der Waals surface area contributed by atoms with Crippen molar-refractivity contribution in [2.24, 2.45) is 0 Å². The average molecular weight is 421 g/mol. The molecule has 0 unspecified atom stereocenters. The summed E-state index contributed by atoms with van der Waals surface area (Å²) in [5.74, 6) is 0.828. The first-order chi connectivity index (χ1) is 15.7. The van der Waals surface area contributed by atoms with Gasteiger partial charge in [-0.2, -0.15) is 0 Å². The molecule has 6 nitrogen and oxygen atoms in total. The molecule has 5 aromatic rings. The van der Waals surface area contributed by atoms with Crippen molar-refractivity contribution in [3.8, 4) is 22.7 Å². The second-order valence-corrected chi connectivity index (χ2v) is 7.33. The molecule has 0 spiro atoms. The summed E-state index contributed by atoms with van der Waals surface area (Å²) < 4.78 is 5.53. The monoisotopic (exact) mass is 421 g/mol. The van der Waals surface area contributed by atoms with Gasteiger partial charge in [-0.05, 0) is 53.1 Å². The summed E-state index contributed by atoms with van der Waals surface area (Å²) in [6.07, 6.45) is 1.60. The van der Waals surface area contributed by atoms with Crippen LogP contribution in [0.4, 0.5) is 5.82 Å². The quantitative estimate of drug-likeness (QED) is 0.357. The number of rotatable bonds is 6. The van der Waals surface area contributed by atoms with E-state index in [0.29, 0.717) is 23.9 Å². The van der Waals surface area contributed by atoms with Gasteiger partial charge in [0, 0.05) is 11.9 Å². The maximum Gasteiger partial charge on any atom is 0.335 e. The fourth-order valence-electron chi connectivity index (χ4n) is 3.54. The Morgan fingerprint density at radius 3 is 2.41 bits per heavy atom. The van der Waals surface area contributed by atoms with E-state index in [1.54, 1.807) is 36.6 Å². The Balaban J connectivity index is 1.53. The molecule has 0 saturated carbocycles. The molecule has 0 aliphatic carbocycles. The minimum Gasteiger partial charge on any atom is -0.478 e. The van der Waals surface area contributed by atoms with E-state index in [4.69, 9.17) is 19.5 Å². The predicted octanol–water partition coefficient (Wildman–Crippen LogP) is 5.87. The third-order valence-corrected chi connectivity index (χ3v) is 5.21. The largest absolute Gasteiger partial charge is 0.478 e. The lowest BCUT2D eigenvalue weighted by atomic mass is 10.0. The highest BCUT2D eigenvalue weighted by atomic mass is 16.4. The molecule has 0 saturated heterocycles. The molecule has 0 amide bonds. The van der Waals surface area contributed by atoms with Crippen LogP contribution in [0.3, 0.4) is 0 Å². The molecule has 2 N–H and O–H groups in total. The first-order valence-corrected chi connectivity index (χ1v) is 10.1. The molecule has 5 rings (SSSR count). The number of furan rings is 1. The first kappa shape index (κ1) is 19.5. The molecule has 2 aromatic heterocycles. The van der Waals surface area contributed by atoms with Crippen LogP contribution in [0.25, 0.3) is 33.6 Å². The summed E-state index contributed by atoms with van der Waals surface area (Å²) in [4.78, 5) is 20.5. The van der Waals surface area contributed by atoms with Gasteiger partial charge >= 0.3 is 5.97 Å². The second-order valence-electron chi connectivity index (χ2n) is 7.33. The van der Waals surface area contributed by atoms with Crippen molar-refractivity contribution in [3.05, 3.63) is 102 Å². The van der Waals surface area contributed by atoms with Gasteiger partial charge in [-0.25, -0.2) is 14.8 Å². The maximum absolute atomic E-state index is 11.1. The van der Waals surface area contributed by atoms with Gasteiger partial charge in [0.15, 0.2) is 11.6 Å². The number of anilines is 1. The lowest BCUT2D eigenvalue weighted by Gasteiger charge is -2.12. The lowest BCUT2D eigenvalue weighted by molar-refractivity contribution is 0.0697. The van der Waals surface area contributed by atoms with E-state index in [0.717, 1.165) is 27.6 Å². The molecular formula is C26H19N3O3. The molecule has 0 fully saturated rings. The van der Waals surface area contributed by atoms with Crippen LogP contribution in [0.1, 0.15) is 15.9 Å². The van der Waals surface area contributed by atoms with Crippen LogP contribution in [0.5, 0.6) is 0 Å². The number of hydrogen-bond acceptors (Lipinski definition) is 5. The highest BCUT2D eigenvalue weighted by Gasteiger charge is 2.13. The highest BCUT2D eigenvalue weighted by Crippen LogP contribution is 2.29. The molecule has 32 heavy (non-hydrogen) atoms. The molecule has 0 bridgehead atoms. The Labute approximate surface area is 184 Å². The van der Waals surface area contributed by atoms with E-state index in [9.17, 15) is 4.79 Å². The maximum atomic E-state index is 11.1. The number of carboxylic acid groups (broad SMARTS) is 1. The van der Waals surface area contributed by atoms with Crippen LogP contribution in [0, 0.1) is 0 Å². The third kappa shape index (κ3) is 3.94. The molecule has 2 heterocycles. The van der Waals surface area contributed by atoms with Crippen molar-refractivity contribution in [3.63, 3.8) is 0 Å². The molecular weight excluding hydrogens is 402 g/mol. The average Bonchev–Trinajstić information content (AvgIpc) is 3.38. The zero-order chi connectivity index (χ0) is 21.9. The number of nitrogens with zero attached hydrogens (tertiary/aromatic N) is 2. The highest BCUT2D eigenvalue weighted by molar-refractivity contribution is 5.93. The normalized spacial score (nSPS) is 10.9. The van der Waals surface area contributed by atoms with Gasteiger partial charge < -0.3 is 14.8 Å². The molecule has 0 aliphatic rings. The Kier molecular flexibility index (Phi) is 5.09. The zero-order valence-electron chi connectivity index (χ0n) is 17.0. The standard InChI is InChI=1S/C26H19N3O3/c30-26(31)19-10-8-17(9-11-19)16-27-24-21-13-12-20(18-5-2-1-3-6-18)15-22(21)28-25(29-24)23-7-4-14-32-23/h1-15H,16H2,(H,30,31)(H,27,28,29). The van der Waals surface area contributed by atoms with Crippen LogP contribution < -0.4 is 5.32 Å². The van der Waals surface area contributed by atoms with Gasteiger partial charge in [-0.1, -0.05) is 48.5 Å². The van der Waals surface area contributed by atoms with Gasteiger partial charge in [0.25, 0.3) is 0 Å². The Hall–Kier alpha value is -4.45. The van der Waals surface area contributed by atoms with Crippen LogP contribution in [-0.2, 0) is 6.54 Å². The fraction of sp³-hybridized carbons (Fsp3) is 0.0385. The van der Waals surface area contributed by atoms with E-state index >= 15 is 0 Å². The van der Waals surface area contributed by atoms with Gasteiger partial charge in [0.1, 0.15) is 5.82 Å². The Bertz CT molecular complexity index is 1380. The number of nitrogens with one attached hydrogen (secondary N) is 1. The molecule has 0 atom stereocenters. The molecule has 0 aliphatic heterocycles. The van der Waals surface area contributed by atoms with E-state index in [1.165, 1.54) is 0 Å². The molecule has 156 valence electrons. The summed E-state index contributed by atoms with van der Waals surface area (Å²) in [6.45, 7) is 0.490. The number of aromatic carboxylic acids is 1. The van der Waals surface area contributed by atoms with Gasteiger partial charge in [0.05, 0.1) is 17.3 Å². The molecule has 3 aromatic carbocycles. The summed E-state index contributed by atoms with van der Waals surface area (Å²) in [7, 11) is 0. The third-order valence-electron chi connectivity index (χ3n) is 5.21. The minimum atomic E-state index is -0.941. The van der Waals surface area contributed by atoms with Gasteiger partial charge in [-0.3, -0.25) is 0 Å². The Morgan fingerprint density at radius 2 is 1.69 bits per heavy atom. The topological polar surface area (TPSA) is 88.2 Å². The van der Waals surface area contributed by atoms with Crippen LogP contribution in [0.2, 0.25) is 0 Å². The molecule has 6 heteroatoms. The van der Waals surface area contributed by atoms with E-state index in [2.05, 4.69) is 23.5 Å². The number of carbonyl (C=O) groups is 1. The van der Waals surface area contributed by atoms with Crippen molar-refractivity contribution >= 4 is 22.7 Å². The zero-order valence-corrected chi connectivity index (χ0v) is 17.0. The second kappa shape index (κ2) is 8.35. The van der Waals surface area contributed by atoms with Crippen molar-refractivity contribution < 1.29 is 14.3 Å². The minimum absolute atomic E-state index is 0.259. The van der Waals surface area contributed by atoms with Crippen molar-refractivity contribution in [1.82, 2.24) is 9.97 Å². The SMILES string of the molecule is O=C(O)c1ccc(CNc2nc(-c3ccco3)nc3cc(-c4ccccc4)ccc23)cc1. The van der Waals surface area contributed by atoms with Crippen molar-refractivity contribution in [1.29, 1.82) is 0 Å². The van der Waals surface area contributed by atoms with Crippen LogP contribution in [-0.4, -0.2) is 21.0 Å². The van der Waals surface area contributed by atoms with Crippen LogP contribution >= 0.6 is 0 Å². The number of aromatic nitrogens is 2.